The zero-order chi connectivity index (χ0) is 22.3. The van der Waals surface area contributed by atoms with Crippen LogP contribution in [0.2, 0.25) is 0 Å². The Morgan fingerprint density at radius 1 is 1.12 bits per heavy atom. The predicted molar refractivity (Wildman–Crippen MR) is 120 cm³/mol. The third-order valence-corrected chi connectivity index (χ3v) is 7.65. The first kappa shape index (κ1) is 20.5. The Hall–Kier alpha value is -3.39. The Labute approximate surface area is 184 Å². The molecule has 0 spiro atoms. The van der Waals surface area contributed by atoms with Gasteiger partial charge in [0, 0.05) is 35.3 Å². The summed E-state index contributed by atoms with van der Waals surface area (Å²) in [5.74, 6) is -0.366. The summed E-state index contributed by atoms with van der Waals surface area (Å²) < 4.78 is 38.7. The lowest BCUT2D eigenvalue weighted by molar-refractivity contribution is 0.0966. The normalized spacial score (nSPS) is 17.6. The van der Waals surface area contributed by atoms with Gasteiger partial charge in [0.25, 0.3) is 0 Å². The molecule has 5 rings (SSSR count). The molecule has 4 aromatic rings. The molecule has 0 radical (unpaired) electrons. The summed E-state index contributed by atoms with van der Waals surface area (Å²) in [5.41, 5.74) is 3.41. The first-order valence-electron chi connectivity index (χ1n) is 10.3. The summed E-state index contributed by atoms with van der Waals surface area (Å²) in [6.45, 7) is 0. The van der Waals surface area contributed by atoms with E-state index in [-0.39, 0.29) is 35.4 Å². The number of aromatic nitrogens is 3. The average Bonchev–Trinajstić information content (AvgIpc) is 3.34. The second-order valence-corrected chi connectivity index (χ2v) is 10.3. The summed E-state index contributed by atoms with van der Waals surface area (Å²) in [5, 5.41) is 5.58. The highest BCUT2D eigenvalue weighted by Gasteiger charge is 2.29. The van der Waals surface area contributed by atoms with Crippen molar-refractivity contribution in [3.8, 4) is 16.9 Å². The van der Waals surface area contributed by atoms with Crippen molar-refractivity contribution in [3.63, 3.8) is 0 Å². The number of halogens is 1. The van der Waals surface area contributed by atoms with E-state index < -0.39 is 9.84 Å². The Bertz CT molecular complexity index is 1410. The Morgan fingerprint density at radius 2 is 1.94 bits per heavy atom. The lowest BCUT2D eigenvalue weighted by Gasteiger charge is -2.08. The predicted octanol–water partition coefficient (Wildman–Crippen LogP) is 4.23. The molecular formula is C24H20FN3O3S. The minimum absolute atomic E-state index is 0.0691. The highest BCUT2D eigenvalue weighted by molar-refractivity contribution is 7.91. The molecule has 0 saturated carbocycles. The molecule has 2 aromatic heterocycles. The first-order chi connectivity index (χ1) is 15.4. The summed E-state index contributed by atoms with van der Waals surface area (Å²) in [7, 11) is -3.03. The van der Waals surface area contributed by atoms with Crippen LogP contribution in [0.1, 0.15) is 23.2 Å². The zero-order valence-corrected chi connectivity index (χ0v) is 17.9. The molecule has 1 saturated heterocycles. The van der Waals surface area contributed by atoms with E-state index in [0.29, 0.717) is 28.9 Å². The van der Waals surface area contributed by atoms with Crippen LogP contribution < -0.4 is 0 Å². The van der Waals surface area contributed by atoms with Crippen LogP contribution in [-0.2, 0) is 9.84 Å². The fourth-order valence-electron chi connectivity index (χ4n) is 4.20. The Morgan fingerprint density at radius 3 is 2.62 bits per heavy atom. The van der Waals surface area contributed by atoms with Crippen LogP contribution in [-0.4, -0.2) is 40.5 Å². The van der Waals surface area contributed by atoms with Gasteiger partial charge in [-0.1, -0.05) is 6.07 Å². The lowest BCUT2D eigenvalue weighted by atomic mass is 9.97. The van der Waals surface area contributed by atoms with Gasteiger partial charge in [-0.05, 0) is 60.9 Å². The fraction of sp³-hybridized carbons (Fsp3) is 0.208. The molecule has 2 aromatic carbocycles. The third-order valence-electron chi connectivity index (χ3n) is 5.81. The van der Waals surface area contributed by atoms with E-state index in [9.17, 15) is 17.6 Å². The van der Waals surface area contributed by atoms with Crippen molar-refractivity contribution in [1.82, 2.24) is 14.8 Å². The van der Waals surface area contributed by atoms with Gasteiger partial charge in [0.1, 0.15) is 11.5 Å². The Balaban J connectivity index is 1.58. The maximum absolute atomic E-state index is 13.5. The highest BCUT2D eigenvalue weighted by Crippen LogP contribution is 2.31. The highest BCUT2D eigenvalue weighted by atomic mass is 32.2. The zero-order valence-electron chi connectivity index (χ0n) is 17.1. The number of rotatable bonds is 5. The Kier molecular flexibility index (Phi) is 5.09. The number of hydrogen-bond donors (Lipinski definition) is 0. The van der Waals surface area contributed by atoms with Crippen molar-refractivity contribution in [2.24, 2.45) is 5.92 Å². The van der Waals surface area contributed by atoms with Crippen LogP contribution in [0.3, 0.4) is 0 Å². The van der Waals surface area contributed by atoms with Gasteiger partial charge in [-0.25, -0.2) is 17.5 Å². The average molecular weight is 450 g/mol. The van der Waals surface area contributed by atoms with Gasteiger partial charge in [-0.2, -0.15) is 5.10 Å². The third kappa shape index (κ3) is 3.93. The molecule has 6 nitrogen and oxygen atoms in total. The number of Topliss-reactive ketones (excluding diaryl/α,β-unsaturated/α-hetero) is 1. The summed E-state index contributed by atoms with van der Waals surface area (Å²) >= 11 is 0. The minimum Gasteiger partial charge on any atom is -0.294 e. The topological polar surface area (TPSA) is 81.9 Å². The van der Waals surface area contributed by atoms with E-state index in [2.05, 4.69) is 4.98 Å². The molecule has 0 amide bonds. The fourth-order valence-corrected chi connectivity index (χ4v) is 6.06. The summed E-state index contributed by atoms with van der Waals surface area (Å²) in [6.07, 6.45) is 4.12. The maximum atomic E-state index is 13.5. The van der Waals surface area contributed by atoms with E-state index in [1.807, 2.05) is 18.2 Å². The van der Waals surface area contributed by atoms with Gasteiger partial charge < -0.3 is 0 Å². The van der Waals surface area contributed by atoms with Crippen LogP contribution >= 0.6 is 0 Å². The largest absolute Gasteiger partial charge is 0.294 e. The molecule has 32 heavy (non-hydrogen) atoms. The van der Waals surface area contributed by atoms with Crippen LogP contribution in [0.4, 0.5) is 4.39 Å². The number of carbonyl (C=O) groups excluding carboxylic acids is 1. The molecule has 0 bridgehead atoms. The molecule has 1 unspecified atom stereocenters. The van der Waals surface area contributed by atoms with Gasteiger partial charge >= 0.3 is 0 Å². The van der Waals surface area contributed by atoms with Crippen LogP contribution in [0.5, 0.6) is 0 Å². The number of nitrogens with zero attached hydrogens (tertiary/aromatic N) is 3. The van der Waals surface area contributed by atoms with Gasteiger partial charge in [-0.3, -0.25) is 9.78 Å². The summed E-state index contributed by atoms with van der Waals surface area (Å²) in [6, 6.07) is 15.1. The molecule has 162 valence electrons. The van der Waals surface area contributed by atoms with Crippen molar-refractivity contribution in [2.45, 2.75) is 12.8 Å². The first-order valence-corrected chi connectivity index (χ1v) is 12.1. The molecule has 1 atom stereocenters. The molecule has 0 N–H and O–H groups in total. The van der Waals surface area contributed by atoms with E-state index in [1.165, 1.54) is 12.1 Å². The van der Waals surface area contributed by atoms with Crippen molar-refractivity contribution >= 4 is 26.5 Å². The van der Waals surface area contributed by atoms with Gasteiger partial charge in [-0.15, -0.1) is 0 Å². The molecular weight excluding hydrogens is 429 g/mol. The smallest absolute Gasteiger partial charge is 0.163 e. The molecule has 8 heteroatoms. The number of hydrogen-bond acceptors (Lipinski definition) is 5. The molecule has 1 aliphatic heterocycles. The summed E-state index contributed by atoms with van der Waals surface area (Å²) in [4.78, 5) is 17.1. The number of benzene rings is 2. The maximum Gasteiger partial charge on any atom is 0.163 e. The second-order valence-electron chi connectivity index (χ2n) is 8.11. The van der Waals surface area contributed by atoms with E-state index in [0.717, 1.165) is 10.9 Å². The minimum atomic E-state index is -3.03. The van der Waals surface area contributed by atoms with Crippen LogP contribution in [0.15, 0.2) is 67.0 Å². The second kappa shape index (κ2) is 7.94. The van der Waals surface area contributed by atoms with Gasteiger partial charge in [0.05, 0.1) is 22.7 Å². The standard InChI is InChI=1S/C24H20FN3O3S/c25-19-4-6-20(7-5-19)28-22-13-17(23(29)12-16-9-11-32(30,31)15-16)3-8-21(22)24(27-28)18-2-1-10-26-14-18/h1-8,10,13-14,16H,9,11-12,15H2. The molecule has 0 aliphatic carbocycles. The quantitative estimate of drug-likeness (QED) is 0.426. The number of pyridine rings is 1. The molecule has 3 heterocycles. The van der Waals surface area contributed by atoms with E-state index >= 15 is 0 Å². The number of ketones is 1. The van der Waals surface area contributed by atoms with Crippen molar-refractivity contribution in [1.29, 1.82) is 0 Å². The van der Waals surface area contributed by atoms with E-state index in [1.54, 1.807) is 41.3 Å². The van der Waals surface area contributed by atoms with Crippen molar-refractivity contribution in [3.05, 3.63) is 78.4 Å². The number of fused-ring (bicyclic) bond motifs is 1. The number of sulfone groups is 1. The van der Waals surface area contributed by atoms with E-state index in [4.69, 9.17) is 5.10 Å². The van der Waals surface area contributed by atoms with Gasteiger partial charge in [0.15, 0.2) is 15.6 Å². The van der Waals surface area contributed by atoms with Crippen LogP contribution in [0.25, 0.3) is 27.8 Å². The molecule has 1 fully saturated rings. The van der Waals surface area contributed by atoms with Crippen LogP contribution in [0, 0.1) is 11.7 Å². The SMILES string of the molecule is O=C(CC1CCS(=O)(=O)C1)c1ccc2c(-c3cccnc3)nn(-c3ccc(F)cc3)c2c1. The lowest BCUT2D eigenvalue weighted by Crippen LogP contribution is -2.11. The number of carbonyl (C=O) groups is 1. The van der Waals surface area contributed by atoms with Crippen molar-refractivity contribution in [2.75, 3.05) is 11.5 Å². The van der Waals surface area contributed by atoms with Crippen molar-refractivity contribution < 1.29 is 17.6 Å². The van der Waals surface area contributed by atoms with Gasteiger partial charge in [0.2, 0.25) is 0 Å². The molecule has 1 aliphatic rings. The monoisotopic (exact) mass is 449 g/mol.